The average molecular weight is 503 g/mol. The number of aryl methyl sites for hydroxylation is 1. The largest absolute Gasteiger partial charge is 0.479 e. The second-order valence-corrected chi connectivity index (χ2v) is 9.31. The lowest BCUT2D eigenvalue weighted by molar-refractivity contribution is -0.132. The Morgan fingerprint density at radius 3 is 2.56 bits per heavy atom. The first-order chi connectivity index (χ1) is 16.2. The minimum atomic E-state index is -0.876. The molecule has 2 aromatic carbocycles. The fourth-order valence-corrected chi connectivity index (χ4v) is 3.96. The number of amides is 2. The number of aromatic nitrogens is 1. The molecule has 34 heavy (non-hydrogen) atoms. The Morgan fingerprint density at radius 2 is 1.85 bits per heavy atom. The molecule has 0 saturated heterocycles. The Hall–Kier alpha value is -3.03. The van der Waals surface area contributed by atoms with Crippen molar-refractivity contribution in [2.24, 2.45) is 11.0 Å². The van der Waals surface area contributed by atoms with Crippen molar-refractivity contribution < 1.29 is 14.3 Å². The molecule has 0 bridgehead atoms. The SMILES string of the molecule is Cc1[nH]c2ccccc2c1/C=N\NC(=O)[C@H](CC(C)C)NC(=O)[C@H](C)Oc1ccc(Cl)cc1Cl. The van der Waals surface area contributed by atoms with Gasteiger partial charge in [-0.2, -0.15) is 5.10 Å². The average Bonchev–Trinajstić information content (AvgIpc) is 3.09. The Balaban J connectivity index is 1.65. The summed E-state index contributed by atoms with van der Waals surface area (Å²) >= 11 is 12.0. The van der Waals surface area contributed by atoms with Crippen LogP contribution in [-0.2, 0) is 9.59 Å². The van der Waals surface area contributed by atoms with Gasteiger partial charge < -0.3 is 15.0 Å². The summed E-state index contributed by atoms with van der Waals surface area (Å²) in [5, 5.41) is 8.67. The van der Waals surface area contributed by atoms with Gasteiger partial charge in [0.1, 0.15) is 11.8 Å². The van der Waals surface area contributed by atoms with Gasteiger partial charge in [0.15, 0.2) is 6.10 Å². The molecule has 0 unspecified atom stereocenters. The first-order valence-corrected chi connectivity index (χ1v) is 11.7. The van der Waals surface area contributed by atoms with E-state index in [1.807, 2.05) is 45.0 Å². The molecule has 0 aliphatic heterocycles. The summed E-state index contributed by atoms with van der Waals surface area (Å²) < 4.78 is 5.66. The number of aromatic amines is 1. The molecule has 7 nitrogen and oxygen atoms in total. The molecular weight excluding hydrogens is 475 g/mol. The van der Waals surface area contributed by atoms with Crippen LogP contribution in [0.2, 0.25) is 10.0 Å². The summed E-state index contributed by atoms with van der Waals surface area (Å²) in [6.45, 7) is 7.47. The molecule has 3 aromatic rings. The van der Waals surface area contributed by atoms with Gasteiger partial charge in [0.2, 0.25) is 0 Å². The third-order valence-corrected chi connectivity index (χ3v) is 5.75. The minimum absolute atomic E-state index is 0.165. The molecule has 0 spiro atoms. The highest BCUT2D eigenvalue weighted by atomic mass is 35.5. The number of fused-ring (bicyclic) bond motifs is 1. The van der Waals surface area contributed by atoms with Gasteiger partial charge in [0.05, 0.1) is 11.2 Å². The van der Waals surface area contributed by atoms with Crippen LogP contribution < -0.4 is 15.5 Å². The van der Waals surface area contributed by atoms with Gasteiger partial charge in [-0.15, -0.1) is 0 Å². The van der Waals surface area contributed by atoms with Gasteiger partial charge in [0.25, 0.3) is 11.8 Å². The molecule has 0 aliphatic carbocycles. The summed E-state index contributed by atoms with van der Waals surface area (Å²) in [5.74, 6) is -0.356. The first-order valence-electron chi connectivity index (χ1n) is 11.0. The second kappa shape index (κ2) is 11.4. The van der Waals surface area contributed by atoms with Crippen LogP contribution in [0, 0.1) is 12.8 Å². The molecule has 180 valence electrons. The fourth-order valence-electron chi connectivity index (χ4n) is 3.51. The van der Waals surface area contributed by atoms with E-state index in [9.17, 15) is 9.59 Å². The molecular formula is C25H28Cl2N4O3. The molecule has 1 heterocycles. The van der Waals surface area contributed by atoms with E-state index in [2.05, 4.69) is 20.8 Å². The molecule has 3 rings (SSSR count). The van der Waals surface area contributed by atoms with Crippen LogP contribution in [0.25, 0.3) is 10.9 Å². The number of nitrogens with zero attached hydrogens (tertiary/aromatic N) is 1. The van der Waals surface area contributed by atoms with Gasteiger partial charge in [0, 0.05) is 27.2 Å². The summed E-state index contributed by atoms with van der Waals surface area (Å²) in [6, 6.07) is 11.8. The molecule has 9 heteroatoms. The number of benzene rings is 2. The van der Waals surface area contributed by atoms with E-state index in [0.29, 0.717) is 22.2 Å². The standard InChI is InChI=1S/C25H28Cl2N4O3/c1-14(2)11-22(30-24(32)16(4)34-23-10-9-17(26)12-20(23)27)25(33)31-28-13-19-15(3)29-21-8-6-5-7-18(19)21/h5-10,12-14,16,22,29H,11H2,1-4H3,(H,30,32)(H,31,33)/b28-13-/t16-,22-/m0/s1. The van der Waals surface area contributed by atoms with Crippen LogP contribution in [0.15, 0.2) is 47.6 Å². The maximum absolute atomic E-state index is 12.8. The lowest BCUT2D eigenvalue weighted by Crippen LogP contribution is -2.49. The third kappa shape index (κ3) is 6.52. The number of nitrogens with one attached hydrogen (secondary N) is 3. The van der Waals surface area contributed by atoms with Crippen molar-refractivity contribution in [2.75, 3.05) is 0 Å². The van der Waals surface area contributed by atoms with Crippen molar-refractivity contribution >= 4 is 52.1 Å². The molecule has 2 atom stereocenters. The monoisotopic (exact) mass is 502 g/mol. The summed E-state index contributed by atoms with van der Waals surface area (Å²) in [4.78, 5) is 28.9. The van der Waals surface area contributed by atoms with Gasteiger partial charge in [-0.25, -0.2) is 5.43 Å². The summed E-state index contributed by atoms with van der Waals surface area (Å²) in [5.41, 5.74) is 5.38. The van der Waals surface area contributed by atoms with E-state index in [-0.39, 0.29) is 5.92 Å². The Bertz CT molecular complexity index is 1210. The number of hydrazone groups is 1. The van der Waals surface area contributed by atoms with Gasteiger partial charge >= 0.3 is 0 Å². The minimum Gasteiger partial charge on any atom is -0.479 e. The molecule has 2 amide bonds. The van der Waals surface area contributed by atoms with Crippen molar-refractivity contribution in [2.45, 2.75) is 46.3 Å². The zero-order valence-electron chi connectivity index (χ0n) is 19.5. The van der Waals surface area contributed by atoms with Crippen LogP contribution in [0.3, 0.4) is 0 Å². The molecule has 3 N–H and O–H groups in total. The number of carbonyl (C=O) groups excluding carboxylic acids is 2. The number of H-pyrrole nitrogens is 1. The fraction of sp³-hybridized carbons (Fsp3) is 0.320. The van der Waals surface area contributed by atoms with Crippen molar-refractivity contribution in [3.8, 4) is 5.75 Å². The molecule has 0 saturated carbocycles. The van der Waals surface area contributed by atoms with E-state index < -0.39 is 24.0 Å². The Labute approximate surface area is 208 Å². The zero-order chi connectivity index (χ0) is 24.8. The highest BCUT2D eigenvalue weighted by Gasteiger charge is 2.25. The molecule has 0 radical (unpaired) electrons. The van der Waals surface area contributed by atoms with Gasteiger partial charge in [-0.3, -0.25) is 9.59 Å². The Morgan fingerprint density at radius 1 is 1.12 bits per heavy atom. The zero-order valence-corrected chi connectivity index (χ0v) is 21.0. The van der Waals surface area contributed by atoms with Crippen molar-refractivity contribution in [3.05, 3.63) is 63.8 Å². The van der Waals surface area contributed by atoms with Crippen molar-refractivity contribution in [1.82, 2.24) is 15.7 Å². The first kappa shape index (κ1) is 25.6. The summed E-state index contributed by atoms with van der Waals surface area (Å²) in [7, 11) is 0. The van der Waals surface area contributed by atoms with Crippen LogP contribution in [0.1, 0.15) is 38.4 Å². The van der Waals surface area contributed by atoms with Crippen LogP contribution >= 0.6 is 23.2 Å². The van der Waals surface area contributed by atoms with E-state index in [4.69, 9.17) is 27.9 Å². The highest BCUT2D eigenvalue weighted by Crippen LogP contribution is 2.28. The van der Waals surface area contributed by atoms with Crippen molar-refractivity contribution in [3.63, 3.8) is 0 Å². The number of ether oxygens (including phenoxy) is 1. The van der Waals surface area contributed by atoms with E-state index in [1.165, 1.54) is 6.07 Å². The second-order valence-electron chi connectivity index (χ2n) is 8.47. The maximum atomic E-state index is 12.8. The number of carbonyl (C=O) groups is 2. The molecule has 0 fully saturated rings. The normalized spacial score (nSPS) is 13.3. The van der Waals surface area contributed by atoms with E-state index >= 15 is 0 Å². The number of para-hydroxylation sites is 1. The smallest absolute Gasteiger partial charge is 0.262 e. The quantitative estimate of drug-likeness (QED) is 0.276. The van der Waals surface area contributed by atoms with Crippen LogP contribution in [-0.4, -0.2) is 35.2 Å². The van der Waals surface area contributed by atoms with Gasteiger partial charge in [-0.1, -0.05) is 55.2 Å². The summed E-state index contributed by atoms with van der Waals surface area (Å²) in [6.07, 6.45) is 1.17. The molecule has 1 aromatic heterocycles. The van der Waals surface area contributed by atoms with E-state index in [0.717, 1.165) is 22.2 Å². The topological polar surface area (TPSA) is 95.6 Å². The molecule has 0 aliphatic rings. The number of hydrogen-bond acceptors (Lipinski definition) is 4. The lowest BCUT2D eigenvalue weighted by atomic mass is 10.0. The maximum Gasteiger partial charge on any atom is 0.262 e. The number of rotatable bonds is 9. The van der Waals surface area contributed by atoms with E-state index in [1.54, 1.807) is 25.3 Å². The number of hydrogen-bond donors (Lipinski definition) is 3. The lowest BCUT2D eigenvalue weighted by Gasteiger charge is -2.22. The number of halogens is 2. The third-order valence-electron chi connectivity index (χ3n) is 5.22. The van der Waals surface area contributed by atoms with Crippen LogP contribution in [0.4, 0.5) is 0 Å². The van der Waals surface area contributed by atoms with Crippen molar-refractivity contribution in [1.29, 1.82) is 0 Å². The highest BCUT2D eigenvalue weighted by molar-refractivity contribution is 6.35. The van der Waals surface area contributed by atoms with Gasteiger partial charge in [-0.05, 0) is 50.5 Å². The predicted molar refractivity (Wildman–Crippen MR) is 137 cm³/mol. The van der Waals surface area contributed by atoms with Crippen LogP contribution in [0.5, 0.6) is 5.75 Å². The Kier molecular flexibility index (Phi) is 8.58. The predicted octanol–water partition coefficient (Wildman–Crippen LogP) is 5.23.